The van der Waals surface area contributed by atoms with E-state index < -0.39 is 11.9 Å². The van der Waals surface area contributed by atoms with Gasteiger partial charge >= 0.3 is 12.0 Å². The number of anilines is 1. The van der Waals surface area contributed by atoms with E-state index in [1.807, 2.05) is 12.1 Å². The van der Waals surface area contributed by atoms with E-state index in [1.165, 1.54) is 11.1 Å². The third-order valence-electron chi connectivity index (χ3n) is 4.40. The van der Waals surface area contributed by atoms with Crippen molar-refractivity contribution in [3.63, 3.8) is 0 Å². The maximum Gasteiger partial charge on any atom is 0.317 e. The smallest absolute Gasteiger partial charge is 0.317 e. The molecule has 1 saturated heterocycles. The van der Waals surface area contributed by atoms with Gasteiger partial charge in [0.15, 0.2) is 0 Å². The molecule has 2 aromatic rings. The molecule has 8 nitrogen and oxygen atoms in total. The lowest BCUT2D eigenvalue weighted by Crippen LogP contribution is -2.38. The van der Waals surface area contributed by atoms with Gasteiger partial charge < -0.3 is 20.6 Å². The van der Waals surface area contributed by atoms with E-state index in [0.717, 1.165) is 5.56 Å². The Morgan fingerprint density at radius 2 is 1.96 bits per heavy atom. The summed E-state index contributed by atoms with van der Waals surface area (Å²) in [7, 11) is 0. The van der Waals surface area contributed by atoms with Crippen LogP contribution in [0.4, 0.5) is 10.5 Å². The van der Waals surface area contributed by atoms with Crippen molar-refractivity contribution in [2.75, 3.05) is 18.4 Å². The van der Waals surface area contributed by atoms with Crippen LogP contribution in [0.1, 0.15) is 22.3 Å². The topological polar surface area (TPSA) is 112 Å². The van der Waals surface area contributed by atoms with Gasteiger partial charge in [0.2, 0.25) is 0 Å². The van der Waals surface area contributed by atoms with Crippen molar-refractivity contribution in [1.82, 2.24) is 15.2 Å². The number of hydrogen-bond acceptors (Lipinski definition) is 4. The summed E-state index contributed by atoms with van der Waals surface area (Å²) in [5, 5.41) is 14.6. The Morgan fingerprint density at radius 3 is 2.59 bits per heavy atom. The average molecular weight is 368 g/mol. The number of likely N-dealkylation sites (tertiary alicyclic amines) is 1. The Morgan fingerprint density at radius 1 is 1.19 bits per heavy atom. The van der Waals surface area contributed by atoms with E-state index in [1.54, 1.807) is 30.5 Å². The predicted molar refractivity (Wildman–Crippen MR) is 98.2 cm³/mol. The Labute approximate surface area is 156 Å². The quantitative estimate of drug-likeness (QED) is 0.747. The number of urea groups is 1. The summed E-state index contributed by atoms with van der Waals surface area (Å²) in [6.07, 6.45) is 3.57. The number of amides is 3. The highest BCUT2D eigenvalue weighted by Gasteiger charge is 2.30. The van der Waals surface area contributed by atoms with Gasteiger partial charge in [0, 0.05) is 37.7 Å². The molecule has 0 aliphatic carbocycles. The number of aromatic nitrogens is 1. The van der Waals surface area contributed by atoms with Gasteiger partial charge in [-0.05, 0) is 36.2 Å². The molecule has 1 atom stereocenters. The van der Waals surface area contributed by atoms with Crippen LogP contribution in [0.15, 0.2) is 48.8 Å². The zero-order chi connectivity index (χ0) is 19.2. The number of nitrogens with one attached hydrogen (secondary N) is 2. The standard InChI is InChI=1S/C19H20N4O4/c24-17(14-2-1-8-20-11-14)22-16-5-3-13(4-6-16)10-21-19(27)23-9-7-15(12-23)18(25)26/h1-6,8,11,15H,7,9-10,12H2,(H,21,27)(H,22,24)(H,25,26). The minimum atomic E-state index is -0.866. The van der Waals surface area contributed by atoms with Gasteiger partial charge in [0.1, 0.15) is 0 Å². The number of aliphatic carboxylic acids is 1. The summed E-state index contributed by atoms with van der Waals surface area (Å²) in [5.74, 6) is -1.60. The fraction of sp³-hybridized carbons (Fsp3) is 0.263. The third-order valence-corrected chi connectivity index (χ3v) is 4.40. The highest BCUT2D eigenvalue weighted by molar-refractivity contribution is 6.04. The summed E-state index contributed by atoms with van der Waals surface area (Å²) < 4.78 is 0. The second-order valence-electron chi connectivity index (χ2n) is 6.32. The second kappa shape index (κ2) is 8.31. The van der Waals surface area contributed by atoms with Crippen molar-refractivity contribution in [2.24, 2.45) is 5.92 Å². The van der Waals surface area contributed by atoms with Crippen molar-refractivity contribution < 1.29 is 19.5 Å². The highest BCUT2D eigenvalue weighted by atomic mass is 16.4. The number of benzene rings is 1. The van der Waals surface area contributed by atoms with E-state index in [2.05, 4.69) is 15.6 Å². The average Bonchev–Trinajstić information content (AvgIpc) is 3.18. The molecule has 27 heavy (non-hydrogen) atoms. The van der Waals surface area contributed by atoms with Crippen LogP contribution in [0.3, 0.4) is 0 Å². The normalized spacial score (nSPS) is 16.0. The number of pyridine rings is 1. The number of carboxylic acid groups (broad SMARTS) is 1. The van der Waals surface area contributed by atoms with Crippen LogP contribution < -0.4 is 10.6 Å². The molecule has 1 aliphatic heterocycles. The maximum atomic E-state index is 12.1. The zero-order valence-electron chi connectivity index (χ0n) is 14.6. The van der Waals surface area contributed by atoms with E-state index in [-0.39, 0.29) is 18.5 Å². The van der Waals surface area contributed by atoms with Crippen LogP contribution in [-0.2, 0) is 11.3 Å². The Balaban J connectivity index is 1.49. The lowest BCUT2D eigenvalue weighted by molar-refractivity contribution is -0.141. The molecule has 0 spiro atoms. The summed E-state index contributed by atoms with van der Waals surface area (Å²) >= 11 is 0. The van der Waals surface area contributed by atoms with Crippen LogP contribution in [0.25, 0.3) is 0 Å². The fourth-order valence-corrected chi connectivity index (χ4v) is 2.84. The summed E-state index contributed by atoms with van der Waals surface area (Å²) in [4.78, 5) is 40.6. The Hall–Kier alpha value is -3.42. The maximum absolute atomic E-state index is 12.1. The molecule has 1 aromatic heterocycles. The fourth-order valence-electron chi connectivity index (χ4n) is 2.84. The first kappa shape index (κ1) is 18.4. The molecule has 1 aromatic carbocycles. The third kappa shape index (κ3) is 4.81. The molecule has 8 heteroatoms. The minimum absolute atomic E-state index is 0.237. The molecule has 3 rings (SSSR count). The van der Waals surface area contributed by atoms with Crippen LogP contribution in [0, 0.1) is 5.92 Å². The first-order valence-electron chi connectivity index (χ1n) is 8.59. The first-order chi connectivity index (χ1) is 13.0. The molecule has 1 fully saturated rings. The Kier molecular flexibility index (Phi) is 5.65. The minimum Gasteiger partial charge on any atom is -0.481 e. The largest absolute Gasteiger partial charge is 0.481 e. The molecule has 0 saturated carbocycles. The monoisotopic (exact) mass is 368 g/mol. The summed E-state index contributed by atoms with van der Waals surface area (Å²) in [5.41, 5.74) is 1.98. The van der Waals surface area contributed by atoms with Crippen molar-refractivity contribution in [3.05, 3.63) is 59.9 Å². The van der Waals surface area contributed by atoms with Crippen LogP contribution in [0.2, 0.25) is 0 Å². The summed E-state index contributed by atoms with van der Waals surface area (Å²) in [6.45, 7) is 1.01. The molecule has 1 unspecified atom stereocenters. The van der Waals surface area contributed by atoms with Crippen LogP contribution in [-0.4, -0.2) is 46.0 Å². The van der Waals surface area contributed by atoms with E-state index in [0.29, 0.717) is 30.8 Å². The van der Waals surface area contributed by atoms with Crippen LogP contribution in [0.5, 0.6) is 0 Å². The molecule has 1 aliphatic rings. The van der Waals surface area contributed by atoms with Gasteiger partial charge in [-0.3, -0.25) is 14.6 Å². The van der Waals surface area contributed by atoms with E-state index >= 15 is 0 Å². The highest BCUT2D eigenvalue weighted by Crippen LogP contribution is 2.16. The van der Waals surface area contributed by atoms with Gasteiger partial charge in [-0.25, -0.2) is 4.79 Å². The van der Waals surface area contributed by atoms with Gasteiger partial charge in [-0.15, -0.1) is 0 Å². The number of carboxylic acids is 1. The lowest BCUT2D eigenvalue weighted by Gasteiger charge is -2.16. The van der Waals surface area contributed by atoms with Gasteiger partial charge in [-0.1, -0.05) is 12.1 Å². The van der Waals surface area contributed by atoms with Gasteiger partial charge in [0.25, 0.3) is 5.91 Å². The van der Waals surface area contributed by atoms with Gasteiger partial charge in [0.05, 0.1) is 11.5 Å². The van der Waals surface area contributed by atoms with E-state index in [9.17, 15) is 14.4 Å². The molecule has 0 radical (unpaired) electrons. The second-order valence-corrected chi connectivity index (χ2v) is 6.32. The predicted octanol–water partition coefficient (Wildman–Crippen LogP) is 1.95. The van der Waals surface area contributed by atoms with Crippen molar-refractivity contribution in [2.45, 2.75) is 13.0 Å². The van der Waals surface area contributed by atoms with Crippen molar-refractivity contribution in [3.8, 4) is 0 Å². The van der Waals surface area contributed by atoms with Crippen molar-refractivity contribution in [1.29, 1.82) is 0 Å². The van der Waals surface area contributed by atoms with Crippen LogP contribution >= 0.6 is 0 Å². The first-order valence-corrected chi connectivity index (χ1v) is 8.59. The molecule has 2 heterocycles. The van der Waals surface area contributed by atoms with E-state index in [4.69, 9.17) is 5.11 Å². The van der Waals surface area contributed by atoms with Gasteiger partial charge in [-0.2, -0.15) is 0 Å². The SMILES string of the molecule is O=C(Nc1ccc(CNC(=O)N2CCC(C(=O)O)C2)cc1)c1cccnc1. The number of rotatable bonds is 5. The number of carbonyl (C=O) groups is 3. The lowest BCUT2D eigenvalue weighted by atomic mass is 10.1. The summed E-state index contributed by atoms with van der Waals surface area (Å²) in [6, 6.07) is 10.2. The zero-order valence-corrected chi connectivity index (χ0v) is 14.6. The molecule has 140 valence electrons. The van der Waals surface area contributed by atoms with Crippen molar-refractivity contribution >= 4 is 23.6 Å². The molecule has 0 bridgehead atoms. The number of carbonyl (C=O) groups excluding carboxylic acids is 2. The molecule has 3 amide bonds. The molecular weight excluding hydrogens is 348 g/mol. The number of nitrogens with zero attached hydrogens (tertiary/aromatic N) is 2. The molecular formula is C19H20N4O4. The Bertz CT molecular complexity index is 823. The molecule has 3 N–H and O–H groups in total. The number of hydrogen-bond donors (Lipinski definition) is 3.